The van der Waals surface area contributed by atoms with E-state index >= 15 is 0 Å². The highest BCUT2D eigenvalue weighted by Crippen LogP contribution is 2.38. The van der Waals surface area contributed by atoms with Crippen LogP contribution >= 0.6 is 11.3 Å². The zero-order chi connectivity index (χ0) is 16.0. The van der Waals surface area contributed by atoms with Crippen LogP contribution in [-0.4, -0.2) is 27.7 Å². The molecule has 7 heteroatoms. The van der Waals surface area contributed by atoms with E-state index in [0.717, 1.165) is 11.3 Å². The molecule has 0 spiro atoms. The monoisotopic (exact) mass is 310 g/mol. The minimum absolute atomic E-state index is 0.187. The molecule has 0 radical (unpaired) electrons. The third-order valence-corrected chi connectivity index (χ3v) is 3.05. The van der Waals surface area contributed by atoms with Crippen molar-refractivity contribution < 1.29 is 19.4 Å². The van der Waals surface area contributed by atoms with E-state index < -0.39 is 11.6 Å². The minimum Gasteiger partial charge on any atom is -0.481 e. The molecular weight excluding hydrogens is 292 g/mol. The Hall–Kier alpha value is -1.98. The summed E-state index contributed by atoms with van der Waals surface area (Å²) in [7, 11) is 0. The van der Waals surface area contributed by atoms with Crippen LogP contribution in [0.5, 0.6) is 5.19 Å². The van der Waals surface area contributed by atoms with Crippen molar-refractivity contribution in [3.05, 3.63) is 11.8 Å². The van der Waals surface area contributed by atoms with Gasteiger partial charge in [0.05, 0.1) is 6.42 Å². The first-order valence-corrected chi connectivity index (χ1v) is 7.27. The number of rotatable bonds is 6. The molecule has 0 unspecified atom stereocenters. The standard InChI is InChI=1S/C14H18N2O4S/c1-5-6-9(7-10(18)19)11-12(15-8-17)21-13(16-11)20-14(2,3)4/h6H,5,7H2,1-4H3,(H,18,19). The van der Waals surface area contributed by atoms with Gasteiger partial charge < -0.3 is 9.84 Å². The number of carboxylic acids is 1. The Kier molecular flexibility index (Phi) is 5.81. The predicted molar refractivity (Wildman–Crippen MR) is 80.8 cm³/mol. The van der Waals surface area contributed by atoms with Gasteiger partial charge in [-0.2, -0.15) is 4.99 Å². The molecule has 114 valence electrons. The average Bonchev–Trinajstić information content (AvgIpc) is 2.69. The van der Waals surface area contributed by atoms with Crippen molar-refractivity contribution in [1.82, 2.24) is 4.98 Å². The Morgan fingerprint density at radius 3 is 2.67 bits per heavy atom. The molecule has 1 rings (SSSR count). The normalized spacial score (nSPS) is 11.9. The SMILES string of the molecule is CCC=C(CC(=O)O)c1nc(OC(C)(C)C)sc1N=C=O. The van der Waals surface area contributed by atoms with Gasteiger partial charge in [0.15, 0.2) is 5.00 Å². The van der Waals surface area contributed by atoms with Gasteiger partial charge in [-0.3, -0.25) is 4.79 Å². The number of nitrogens with zero attached hydrogens (tertiary/aromatic N) is 2. The summed E-state index contributed by atoms with van der Waals surface area (Å²) in [6, 6.07) is 0. The van der Waals surface area contributed by atoms with Crippen molar-refractivity contribution in [1.29, 1.82) is 0 Å². The third kappa shape index (κ3) is 5.49. The number of carbonyl (C=O) groups excluding carboxylic acids is 1. The second kappa shape index (κ2) is 7.15. The second-order valence-electron chi connectivity index (χ2n) is 5.26. The molecule has 0 fully saturated rings. The maximum Gasteiger partial charge on any atom is 0.307 e. The van der Waals surface area contributed by atoms with E-state index in [1.807, 2.05) is 27.7 Å². The molecule has 0 amide bonds. The van der Waals surface area contributed by atoms with Crippen molar-refractivity contribution in [3.63, 3.8) is 0 Å². The molecule has 0 saturated carbocycles. The molecule has 21 heavy (non-hydrogen) atoms. The largest absolute Gasteiger partial charge is 0.481 e. The molecule has 0 bridgehead atoms. The molecule has 0 atom stereocenters. The summed E-state index contributed by atoms with van der Waals surface area (Å²) in [5.74, 6) is -0.970. The highest BCUT2D eigenvalue weighted by molar-refractivity contribution is 7.17. The molecule has 0 aromatic carbocycles. The van der Waals surface area contributed by atoms with Gasteiger partial charge in [-0.1, -0.05) is 24.3 Å². The first-order valence-electron chi connectivity index (χ1n) is 6.45. The number of ether oxygens (including phenoxy) is 1. The molecular formula is C14H18N2O4S. The van der Waals surface area contributed by atoms with Crippen LogP contribution in [0.3, 0.4) is 0 Å². The first kappa shape index (κ1) is 17.1. The molecule has 1 heterocycles. The van der Waals surface area contributed by atoms with Gasteiger partial charge in [0.2, 0.25) is 6.08 Å². The molecule has 0 aliphatic heterocycles. The van der Waals surface area contributed by atoms with Crippen molar-refractivity contribution in [2.45, 2.75) is 46.1 Å². The first-order chi connectivity index (χ1) is 9.76. The fourth-order valence-corrected chi connectivity index (χ4v) is 2.54. The number of hydrogen-bond donors (Lipinski definition) is 1. The van der Waals surface area contributed by atoms with Crippen LogP contribution in [0.2, 0.25) is 0 Å². The number of carboxylic acid groups (broad SMARTS) is 1. The maximum absolute atomic E-state index is 11.0. The number of aromatic nitrogens is 1. The summed E-state index contributed by atoms with van der Waals surface area (Å²) < 4.78 is 5.65. The van der Waals surface area contributed by atoms with Crippen LogP contribution in [0.15, 0.2) is 11.1 Å². The molecule has 0 aliphatic carbocycles. The fraction of sp³-hybridized carbons (Fsp3) is 0.500. The second-order valence-corrected chi connectivity index (χ2v) is 6.20. The highest BCUT2D eigenvalue weighted by atomic mass is 32.1. The molecule has 6 nitrogen and oxygen atoms in total. The van der Waals surface area contributed by atoms with Gasteiger partial charge >= 0.3 is 5.97 Å². The summed E-state index contributed by atoms with van der Waals surface area (Å²) in [5.41, 5.74) is 0.435. The van der Waals surface area contributed by atoms with Crippen LogP contribution in [-0.2, 0) is 9.59 Å². The smallest absolute Gasteiger partial charge is 0.307 e. The van der Waals surface area contributed by atoms with Gasteiger partial charge in [-0.15, -0.1) is 0 Å². The van der Waals surface area contributed by atoms with Gasteiger partial charge in [-0.25, -0.2) is 9.78 Å². The highest BCUT2D eigenvalue weighted by Gasteiger charge is 2.21. The molecule has 0 aliphatic rings. The lowest BCUT2D eigenvalue weighted by Crippen LogP contribution is -2.22. The lowest BCUT2D eigenvalue weighted by atomic mass is 10.1. The van der Waals surface area contributed by atoms with Gasteiger partial charge in [0, 0.05) is 0 Å². The van der Waals surface area contributed by atoms with Crippen molar-refractivity contribution in [3.8, 4) is 5.19 Å². The number of isocyanates is 1. The van der Waals surface area contributed by atoms with Crippen LogP contribution in [0, 0.1) is 0 Å². The summed E-state index contributed by atoms with van der Waals surface area (Å²) in [4.78, 5) is 29.4. The Morgan fingerprint density at radius 1 is 1.52 bits per heavy atom. The lowest BCUT2D eigenvalue weighted by Gasteiger charge is -2.18. The summed E-state index contributed by atoms with van der Waals surface area (Å²) in [5, 5.41) is 9.64. The minimum atomic E-state index is -0.970. The Labute approximate surface area is 127 Å². The number of allylic oxidation sites excluding steroid dienone is 1. The van der Waals surface area contributed by atoms with Gasteiger partial charge in [0.25, 0.3) is 5.19 Å². The van der Waals surface area contributed by atoms with E-state index in [2.05, 4.69) is 9.98 Å². The van der Waals surface area contributed by atoms with E-state index in [1.54, 1.807) is 6.08 Å². The van der Waals surface area contributed by atoms with E-state index in [9.17, 15) is 9.59 Å². The zero-order valence-corrected chi connectivity index (χ0v) is 13.3. The maximum atomic E-state index is 11.0. The van der Waals surface area contributed by atoms with Crippen molar-refractivity contribution >= 4 is 34.0 Å². The van der Waals surface area contributed by atoms with E-state index in [4.69, 9.17) is 9.84 Å². The van der Waals surface area contributed by atoms with Crippen LogP contribution in [0.4, 0.5) is 5.00 Å². The van der Waals surface area contributed by atoms with Gasteiger partial charge in [-0.05, 0) is 32.8 Å². The van der Waals surface area contributed by atoms with Crippen LogP contribution in [0.25, 0.3) is 5.57 Å². The third-order valence-electron chi connectivity index (χ3n) is 2.23. The van der Waals surface area contributed by atoms with Crippen LogP contribution < -0.4 is 4.74 Å². The summed E-state index contributed by atoms with van der Waals surface area (Å²) in [6.07, 6.45) is 3.69. The number of hydrogen-bond acceptors (Lipinski definition) is 6. The fourth-order valence-electron chi connectivity index (χ4n) is 1.59. The van der Waals surface area contributed by atoms with E-state index in [1.165, 1.54) is 6.08 Å². The van der Waals surface area contributed by atoms with Crippen LogP contribution in [0.1, 0.15) is 46.2 Å². The predicted octanol–water partition coefficient (Wildman–Crippen LogP) is 3.56. The van der Waals surface area contributed by atoms with Gasteiger partial charge in [0.1, 0.15) is 11.3 Å². The molecule has 1 aromatic heterocycles. The average molecular weight is 310 g/mol. The number of aliphatic carboxylic acids is 1. The molecule has 1 N–H and O–H groups in total. The van der Waals surface area contributed by atoms with Crippen molar-refractivity contribution in [2.24, 2.45) is 4.99 Å². The quantitative estimate of drug-likeness (QED) is 0.641. The number of aliphatic imine (C=N–C) groups is 1. The Morgan fingerprint density at radius 2 is 2.19 bits per heavy atom. The van der Waals surface area contributed by atoms with E-state index in [0.29, 0.717) is 27.9 Å². The Bertz CT molecular complexity index is 593. The van der Waals surface area contributed by atoms with Crippen molar-refractivity contribution in [2.75, 3.05) is 0 Å². The number of carbonyl (C=O) groups is 1. The molecule has 0 saturated heterocycles. The topological polar surface area (TPSA) is 88.8 Å². The lowest BCUT2D eigenvalue weighted by molar-refractivity contribution is -0.135. The summed E-state index contributed by atoms with van der Waals surface area (Å²) >= 11 is 1.10. The zero-order valence-electron chi connectivity index (χ0n) is 12.5. The molecule has 1 aromatic rings. The number of thiazole rings is 1. The Balaban J connectivity index is 3.27. The van der Waals surface area contributed by atoms with E-state index in [-0.39, 0.29) is 6.42 Å². The summed E-state index contributed by atoms with van der Waals surface area (Å²) in [6.45, 7) is 7.51.